The molecule has 178 valence electrons. The Balaban J connectivity index is 1.37. The molecule has 9 heteroatoms. The number of benzene rings is 1. The molecule has 2 fully saturated rings. The van der Waals surface area contributed by atoms with E-state index in [0.717, 1.165) is 50.2 Å². The number of fused-ring (bicyclic) bond motifs is 1. The first-order chi connectivity index (χ1) is 16.0. The van der Waals surface area contributed by atoms with Gasteiger partial charge in [0.1, 0.15) is 12.3 Å². The van der Waals surface area contributed by atoms with Crippen molar-refractivity contribution in [2.75, 3.05) is 65.5 Å². The highest BCUT2D eigenvalue weighted by Gasteiger charge is 2.25. The number of H-pyrrole nitrogens is 1. The van der Waals surface area contributed by atoms with Crippen molar-refractivity contribution in [1.29, 1.82) is 0 Å². The maximum atomic E-state index is 13.0. The average Bonchev–Trinajstić information content (AvgIpc) is 3.27. The number of piperazine rings is 2. The highest BCUT2D eigenvalue weighted by molar-refractivity contribution is 6.01. The van der Waals surface area contributed by atoms with Gasteiger partial charge in [0.25, 0.3) is 18.3 Å². The lowest BCUT2D eigenvalue weighted by Crippen LogP contribution is -2.50. The van der Waals surface area contributed by atoms with Crippen LogP contribution in [0.4, 0.5) is 0 Å². The number of rotatable bonds is 7. The molecule has 0 unspecified atom stereocenters. The number of hydrogen-bond donors (Lipinski definition) is 1. The Morgan fingerprint density at radius 3 is 2.30 bits per heavy atom. The second-order valence-electron chi connectivity index (χ2n) is 9.01. The molecule has 0 radical (unpaired) electrons. The van der Waals surface area contributed by atoms with Gasteiger partial charge >= 0.3 is 0 Å². The summed E-state index contributed by atoms with van der Waals surface area (Å²) in [6.45, 7) is 11.9. The summed E-state index contributed by atoms with van der Waals surface area (Å²) in [6, 6.07) is 7.94. The van der Waals surface area contributed by atoms with E-state index in [2.05, 4.69) is 28.6 Å². The van der Waals surface area contributed by atoms with Crippen LogP contribution in [0.25, 0.3) is 10.9 Å². The first-order valence-corrected chi connectivity index (χ1v) is 11.7. The minimum Gasteiger partial charge on any atom is -0.467 e. The molecule has 1 N–H and O–H groups in total. The normalized spacial score (nSPS) is 18.2. The van der Waals surface area contributed by atoms with Crippen LogP contribution in [0.15, 0.2) is 24.3 Å². The van der Waals surface area contributed by atoms with E-state index in [1.165, 1.54) is 0 Å². The molecule has 9 nitrogen and oxygen atoms in total. The molecule has 0 spiro atoms. The summed E-state index contributed by atoms with van der Waals surface area (Å²) < 4.78 is 4.76. The molecule has 0 bridgehead atoms. The van der Waals surface area contributed by atoms with E-state index in [4.69, 9.17) is 4.74 Å². The van der Waals surface area contributed by atoms with Crippen LogP contribution in [0.2, 0.25) is 0 Å². The van der Waals surface area contributed by atoms with Gasteiger partial charge in [0, 0.05) is 81.4 Å². The molecule has 0 saturated carbocycles. The lowest BCUT2D eigenvalue weighted by atomic mass is 10.1. The number of carbonyl (C=O) groups excluding carboxylic acids is 3. The van der Waals surface area contributed by atoms with Gasteiger partial charge in [-0.1, -0.05) is 0 Å². The lowest BCUT2D eigenvalue weighted by Gasteiger charge is -2.37. The Hall–Kier alpha value is -2.91. The maximum Gasteiger partial charge on any atom is 0.293 e. The number of aromatic nitrogens is 1. The van der Waals surface area contributed by atoms with E-state index < -0.39 is 0 Å². The number of amides is 2. The minimum atomic E-state index is -0.0346. The Labute approximate surface area is 194 Å². The third-order valence-electron chi connectivity index (χ3n) is 6.68. The van der Waals surface area contributed by atoms with Crippen molar-refractivity contribution in [3.63, 3.8) is 0 Å². The van der Waals surface area contributed by atoms with Crippen LogP contribution in [0.5, 0.6) is 0 Å². The fraction of sp³-hybridized carbons (Fsp3) is 0.542. The van der Waals surface area contributed by atoms with Crippen molar-refractivity contribution >= 4 is 29.2 Å². The van der Waals surface area contributed by atoms with E-state index >= 15 is 0 Å². The molecule has 1 aromatic heterocycles. The van der Waals surface area contributed by atoms with Gasteiger partial charge in [0.15, 0.2) is 0 Å². The first kappa shape index (κ1) is 23.3. The molecule has 2 saturated heterocycles. The molecule has 1 aromatic carbocycles. The van der Waals surface area contributed by atoms with Gasteiger partial charge in [-0.05, 0) is 38.1 Å². The quantitative estimate of drug-likeness (QED) is 0.500. The van der Waals surface area contributed by atoms with Crippen molar-refractivity contribution in [3.05, 3.63) is 35.5 Å². The summed E-state index contributed by atoms with van der Waals surface area (Å²) in [5, 5.41) is 0.870. The summed E-state index contributed by atoms with van der Waals surface area (Å²) in [6.07, 6.45) is 0. The molecule has 0 atom stereocenters. The summed E-state index contributed by atoms with van der Waals surface area (Å²) in [4.78, 5) is 47.8. The molecule has 3 heterocycles. The second-order valence-corrected chi connectivity index (χ2v) is 9.01. The summed E-state index contributed by atoms with van der Waals surface area (Å²) in [7, 11) is 0. The molecule has 4 rings (SSSR count). The van der Waals surface area contributed by atoms with Crippen LogP contribution in [-0.4, -0.2) is 114 Å². The van der Waals surface area contributed by atoms with Crippen molar-refractivity contribution in [2.24, 2.45) is 0 Å². The fourth-order valence-corrected chi connectivity index (χ4v) is 4.58. The van der Waals surface area contributed by atoms with Crippen LogP contribution in [0, 0.1) is 0 Å². The third kappa shape index (κ3) is 5.36. The van der Waals surface area contributed by atoms with Gasteiger partial charge in [0.2, 0.25) is 0 Å². The van der Waals surface area contributed by atoms with E-state index in [-0.39, 0.29) is 11.8 Å². The van der Waals surface area contributed by atoms with Gasteiger partial charge in [0.05, 0.1) is 0 Å². The van der Waals surface area contributed by atoms with Gasteiger partial charge < -0.3 is 19.5 Å². The van der Waals surface area contributed by atoms with Crippen LogP contribution in [-0.2, 0) is 9.53 Å². The van der Waals surface area contributed by atoms with Crippen molar-refractivity contribution < 1.29 is 19.1 Å². The number of nitrogens with one attached hydrogen (secondary N) is 1. The maximum absolute atomic E-state index is 13.0. The molecular formula is C24H33N5O4. The molecule has 33 heavy (non-hydrogen) atoms. The number of carbonyl (C=O) groups is 3. The number of ether oxygens (including phenoxy) is 1. The zero-order valence-electron chi connectivity index (χ0n) is 19.5. The van der Waals surface area contributed by atoms with Crippen LogP contribution < -0.4 is 0 Å². The largest absolute Gasteiger partial charge is 0.467 e. The summed E-state index contributed by atoms with van der Waals surface area (Å²) >= 11 is 0. The highest BCUT2D eigenvalue weighted by Crippen LogP contribution is 2.21. The van der Waals surface area contributed by atoms with Gasteiger partial charge in [-0.15, -0.1) is 0 Å². The average molecular weight is 456 g/mol. The standard InChI is InChI=1S/C24H33N5O4/c1-18(2)27-9-11-28(12-10-27)23(31)19-3-4-21-20(15-19)16-22(25-21)24(32)29-7-5-26(6-8-29)13-14-33-17-30/h3-4,15-18,25H,5-14H2,1-2H3. The van der Waals surface area contributed by atoms with Gasteiger partial charge in [-0.25, -0.2) is 0 Å². The monoisotopic (exact) mass is 455 g/mol. The molecule has 2 aromatic rings. The number of aromatic amines is 1. The highest BCUT2D eigenvalue weighted by atomic mass is 16.5. The summed E-state index contributed by atoms with van der Waals surface area (Å²) in [5.74, 6) is 0.0109. The van der Waals surface area contributed by atoms with E-state index in [0.29, 0.717) is 50.0 Å². The fourth-order valence-electron chi connectivity index (χ4n) is 4.58. The summed E-state index contributed by atoms with van der Waals surface area (Å²) in [5.41, 5.74) is 2.05. The van der Waals surface area contributed by atoms with E-state index in [1.807, 2.05) is 34.1 Å². The lowest BCUT2D eigenvalue weighted by molar-refractivity contribution is -0.129. The number of hydrogen-bond acceptors (Lipinski definition) is 6. The van der Waals surface area contributed by atoms with Crippen molar-refractivity contribution in [2.45, 2.75) is 19.9 Å². The molecule has 0 aliphatic carbocycles. The Morgan fingerprint density at radius 1 is 0.970 bits per heavy atom. The molecule has 2 aliphatic rings. The van der Waals surface area contributed by atoms with E-state index in [9.17, 15) is 14.4 Å². The Bertz CT molecular complexity index is 988. The zero-order valence-corrected chi connectivity index (χ0v) is 19.5. The van der Waals surface area contributed by atoms with Crippen LogP contribution in [0.3, 0.4) is 0 Å². The smallest absolute Gasteiger partial charge is 0.293 e. The molecule has 2 aliphatic heterocycles. The van der Waals surface area contributed by atoms with E-state index in [1.54, 1.807) is 0 Å². The second kappa shape index (κ2) is 10.4. The predicted octanol–water partition coefficient (Wildman–Crippen LogP) is 1.26. The van der Waals surface area contributed by atoms with Gasteiger partial charge in [-0.3, -0.25) is 24.2 Å². The molecule has 2 amide bonds. The Morgan fingerprint density at radius 2 is 1.64 bits per heavy atom. The van der Waals surface area contributed by atoms with Crippen molar-refractivity contribution in [1.82, 2.24) is 24.6 Å². The molecular weight excluding hydrogens is 422 g/mol. The van der Waals surface area contributed by atoms with Crippen LogP contribution >= 0.6 is 0 Å². The van der Waals surface area contributed by atoms with Gasteiger partial charge in [-0.2, -0.15) is 0 Å². The van der Waals surface area contributed by atoms with Crippen molar-refractivity contribution in [3.8, 4) is 0 Å². The Kier molecular flexibility index (Phi) is 7.29. The SMILES string of the molecule is CC(C)N1CCN(C(=O)c2ccc3[nH]c(C(=O)N4CCN(CCOC=O)CC4)cc3c2)CC1. The minimum absolute atomic E-state index is 0.0346. The predicted molar refractivity (Wildman–Crippen MR) is 125 cm³/mol. The zero-order chi connectivity index (χ0) is 23.4. The number of nitrogens with zero attached hydrogens (tertiary/aromatic N) is 4. The third-order valence-corrected chi connectivity index (χ3v) is 6.68. The van der Waals surface area contributed by atoms with Crippen LogP contribution in [0.1, 0.15) is 34.7 Å². The first-order valence-electron chi connectivity index (χ1n) is 11.7. The topological polar surface area (TPSA) is 89.2 Å².